The van der Waals surface area contributed by atoms with Crippen molar-refractivity contribution in [3.63, 3.8) is 0 Å². The zero-order valence-corrected chi connectivity index (χ0v) is 16.5. The van der Waals surface area contributed by atoms with Gasteiger partial charge >= 0.3 is 6.09 Å². The second kappa shape index (κ2) is 6.58. The van der Waals surface area contributed by atoms with Crippen molar-refractivity contribution in [2.45, 2.75) is 44.9 Å². The SMILES string of the molecule is CC(C)(C)OC(=O)N1C[C@@H](n2nc(I)c3c(N)nccc32)C[C@@H]1CF. The lowest BCUT2D eigenvalue weighted by Crippen LogP contribution is -2.40. The fraction of sp³-hybridized carbons (Fsp3) is 0.562. The quantitative estimate of drug-likeness (QED) is 0.695. The zero-order valence-electron chi connectivity index (χ0n) is 14.4. The van der Waals surface area contributed by atoms with Crippen LogP contribution in [-0.4, -0.2) is 50.6 Å². The summed E-state index contributed by atoms with van der Waals surface area (Å²) in [5.41, 5.74) is 6.17. The highest BCUT2D eigenvalue weighted by Crippen LogP contribution is 2.33. The van der Waals surface area contributed by atoms with Gasteiger partial charge < -0.3 is 15.4 Å². The Morgan fingerprint density at radius 3 is 2.88 bits per heavy atom. The van der Waals surface area contributed by atoms with Crippen molar-refractivity contribution in [2.75, 3.05) is 19.0 Å². The molecule has 136 valence electrons. The molecule has 1 saturated heterocycles. The number of carbonyl (C=O) groups excluding carboxylic acids is 1. The number of nitrogens with two attached hydrogens (primary N) is 1. The Morgan fingerprint density at radius 1 is 1.52 bits per heavy atom. The molecule has 1 aliphatic heterocycles. The summed E-state index contributed by atoms with van der Waals surface area (Å²) in [6, 6.07) is 1.18. The second-order valence-corrected chi connectivity index (χ2v) is 8.18. The van der Waals surface area contributed by atoms with Gasteiger partial charge in [0.1, 0.15) is 21.8 Å². The fourth-order valence-electron chi connectivity index (χ4n) is 3.11. The number of pyridine rings is 1. The molecule has 0 spiro atoms. The Bertz CT molecular complexity index is 804. The van der Waals surface area contributed by atoms with E-state index in [0.29, 0.717) is 18.8 Å². The number of likely N-dealkylation sites (tertiary alicyclic amines) is 1. The van der Waals surface area contributed by atoms with E-state index in [4.69, 9.17) is 10.5 Å². The molecular weight excluding hydrogens is 440 g/mol. The van der Waals surface area contributed by atoms with Gasteiger partial charge in [0.25, 0.3) is 0 Å². The van der Waals surface area contributed by atoms with Gasteiger partial charge in [-0.15, -0.1) is 0 Å². The minimum Gasteiger partial charge on any atom is -0.444 e. The van der Waals surface area contributed by atoms with Gasteiger partial charge in [-0.2, -0.15) is 5.10 Å². The van der Waals surface area contributed by atoms with Crippen molar-refractivity contribution in [1.82, 2.24) is 19.7 Å². The summed E-state index contributed by atoms with van der Waals surface area (Å²) >= 11 is 2.11. The van der Waals surface area contributed by atoms with Crippen molar-refractivity contribution in [3.05, 3.63) is 16.0 Å². The molecule has 2 N–H and O–H groups in total. The predicted octanol–water partition coefficient (Wildman–Crippen LogP) is 3.14. The number of amides is 1. The Kier molecular flexibility index (Phi) is 4.78. The van der Waals surface area contributed by atoms with Crippen LogP contribution in [0.25, 0.3) is 10.9 Å². The van der Waals surface area contributed by atoms with Gasteiger partial charge in [-0.25, -0.2) is 14.2 Å². The summed E-state index contributed by atoms with van der Waals surface area (Å²) in [6.07, 6.45) is 1.61. The maximum atomic E-state index is 13.5. The van der Waals surface area contributed by atoms with Crippen molar-refractivity contribution in [3.8, 4) is 0 Å². The van der Waals surface area contributed by atoms with E-state index in [2.05, 4.69) is 32.7 Å². The minimum atomic E-state index is -0.621. The first-order valence-electron chi connectivity index (χ1n) is 8.05. The summed E-state index contributed by atoms with van der Waals surface area (Å²) < 4.78 is 21.5. The predicted molar refractivity (Wildman–Crippen MR) is 101 cm³/mol. The fourth-order valence-corrected chi connectivity index (χ4v) is 3.89. The Hall–Kier alpha value is -1.65. The first-order chi connectivity index (χ1) is 11.7. The molecule has 1 fully saturated rings. The number of anilines is 1. The van der Waals surface area contributed by atoms with Crippen molar-refractivity contribution >= 4 is 45.4 Å². The highest BCUT2D eigenvalue weighted by Gasteiger charge is 2.39. The van der Waals surface area contributed by atoms with Crippen LogP contribution in [0.5, 0.6) is 0 Å². The highest BCUT2D eigenvalue weighted by atomic mass is 127. The molecule has 9 heteroatoms. The maximum absolute atomic E-state index is 13.5. The summed E-state index contributed by atoms with van der Waals surface area (Å²) in [4.78, 5) is 18.0. The lowest BCUT2D eigenvalue weighted by molar-refractivity contribution is 0.0203. The van der Waals surface area contributed by atoms with Gasteiger partial charge in [0.15, 0.2) is 0 Å². The Morgan fingerprint density at radius 2 is 2.24 bits per heavy atom. The first-order valence-corrected chi connectivity index (χ1v) is 9.13. The molecule has 0 bridgehead atoms. The smallest absolute Gasteiger partial charge is 0.410 e. The number of hydrogen-bond donors (Lipinski definition) is 1. The molecule has 0 aliphatic carbocycles. The number of aromatic nitrogens is 3. The van der Waals surface area contributed by atoms with Crippen molar-refractivity contribution in [1.29, 1.82) is 0 Å². The number of carbonyl (C=O) groups is 1. The molecule has 3 heterocycles. The van der Waals surface area contributed by atoms with Crippen LogP contribution in [0, 0.1) is 3.70 Å². The zero-order chi connectivity index (χ0) is 18.4. The second-order valence-electron chi connectivity index (χ2n) is 7.16. The number of halogens is 2. The van der Waals surface area contributed by atoms with Gasteiger partial charge in [0, 0.05) is 12.7 Å². The number of hydrogen-bond acceptors (Lipinski definition) is 5. The van der Waals surface area contributed by atoms with Gasteiger partial charge in [0.05, 0.1) is 23.0 Å². The summed E-state index contributed by atoms with van der Waals surface area (Å²) in [5.74, 6) is 0.414. The highest BCUT2D eigenvalue weighted by molar-refractivity contribution is 14.1. The largest absolute Gasteiger partial charge is 0.444 e. The molecule has 25 heavy (non-hydrogen) atoms. The summed E-state index contributed by atoms with van der Waals surface area (Å²) in [6.45, 7) is 5.11. The van der Waals surface area contributed by atoms with Crippen LogP contribution in [0.2, 0.25) is 0 Å². The Labute approximate surface area is 158 Å². The van der Waals surface area contributed by atoms with E-state index in [1.165, 1.54) is 4.90 Å². The molecule has 1 amide bonds. The maximum Gasteiger partial charge on any atom is 0.410 e. The summed E-state index contributed by atoms with van der Waals surface area (Å²) in [5, 5.41) is 5.34. The van der Waals surface area contributed by atoms with Gasteiger partial charge in [-0.1, -0.05) is 0 Å². The van der Waals surface area contributed by atoms with E-state index in [0.717, 1.165) is 14.6 Å². The van der Waals surface area contributed by atoms with Crippen LogP contribution < -0.4 is 5.73 Å². The molecule has 0 saturated carbocycles. The van der Waals surface area contributed by atoms with Gasteiger partial charge in [0.2, 0.25) is 0 Å². The van der Waals surface area contributed by atoms with Crippen LogP contribution in [-0.2, 0) is 4.74 Å². The molecule has 2 aromatic rings. The molecular formula is C16H21FIN5O2. The average Bonchev–Trinajstić information content (AvgIpc) is 3.07. The molecule has 2 aromatic heterocycles. The standard InChI is InChI=1S/C16H21FIN5O2/c1-16(2,3)25-15(24)22-8-10(6-9(22)7-17)23-11-4-5-20-14(19)12(11)13(18)21-23/h4-5,9-10H,6-8H2,1-3H3,(H2,19,20)/t9-,10+/m1/s1. The third-order valence-electron chi connectivity index (χ3n) is 4.15. The van der Waals surface area contributed by atoms with Crippen LogP contribution in [0.1, 0.15) is 33.2 Å². The number of alkyl halides is 1. The topological polar surface area (TPSA) is 86.3 Å². The number of rotatable bonds is 2. The van der Waals surface area contributed by atoms with Crippen LogP contribution >= 0.6 is 22.6 Å². The number of ether oxygens (including phenoxy) is 1. The number of nitrogens with zero attached hydrogens (tertiary/aromatic N) is 4. The van der Waals surface area contributed by atoms with Crippen LogP contribution in [0.15, 0.2) is 12.3 Å². The third-order valence-corrected chi connectivity index (χ3v) is 4.91. The van der Waals surface area contributed by atoms with E-state index in [1.807, 2.05) is 10.7 Å². The van der Waals surface area contributed by atoms with E-state index < -0.39 is 24.4 Å². The minimum absolute atomic E-state index is 0.138. The lowest BCUT2D eigenvalue weighted by atomic mass is 10.2. The molecule has 7 nitrogen and oxygen atoms in total. The monoisotopic (exact) mass is 461 g/mol. The van der Waals surface area contributed by atoms with E-state index in [-0.39, 0.29) is 6.04 Å². The molecule has 0 aromatic carbocycles. The molecule has 1 aliphatic rings. The van der Waals surface area contributed by atoms with Crippen LogP contribution in [0.3, 0.4) is 0 Å². The molecule has 0 radical (unpaired) electrons. The van der Waals surface area contributed by atoms with Crippen molar-refractivity contribution < 1.29 is 13.9 Å². The van der Waals surface area contributed by atoms with Crippen LogP contribution in [0.4, 0.5) is 15.0 Å². The Balaban J connectivity index is 1.90. The first kappa shape index (κ1) is 18.2. The van der Waals surface area contributed by atoms with Crippen molar-refractivity contribution in [2.24, 2.45) is 0 Å². The van der Waals surface area contributed by atoms with Gasteiger partial charge in [-0.3, -0.25) is 4.68 Å². The van der Waals surface area contributed by atoms with Gasteiger partial charge in [-0.05, 0) is 55.8 Å². The van der Waals surface area contributed by atoms with E-state index in [9.17, 15) is 9.18 Å². The average molecular weight is 461 g/mol. The summed E-state index contributed by atoms with van der Waals surface area (Å²) in [7, 11) is 0. The molecule has 3 rings (SSSR count). The van der Waals surface area contributed by atoms with E-state index >= 15 is 0 Å². The lowest BCUT2D eigenvalue weighted by Gasteiger charge is -2.27. The molecule has 2 atom stereocenters. The van der Waals surface area contributed by atoms with E-state index in [1.54, 1.807) is 27.0 Å². The normalized spacial score (nSPS) is 21.1. The molecule has 0 unspecified atom stereocenters. The third kappa shape index (κ3) is 3.51. The number of nitrogen functional groups attached to an aromatic ring is 1. The number of fused-ring (bicyclic) bond motifs is 1.